The van der Waals surface area contributed by atoms with Gasteiger partial charge in [-0.05, 0) is 29.8 Å². The Labute approximate surface area is 195 Å². The maximum atomic E-state index is 13.9. The van der Waals surface area contributed by atoms with E-state index in [1.807, 2.05) is 30.3 Å². The van der Waals surface area contributed by atoms with Crippen LogP contribution < -0.4 is 10.6 Å². The molecule has 1 saturated heterocycles. The number of ether oxygens (including phenoxy) is 1. The molecular weight excluding hydrogens is 441 g/mol. The number of nitrogens with one attached hydrogen (secondary N) is 2. The Hall–Kier alpha value is -4.05. The van der Waals surface area contributed by atoms with Crippen LogP contribution >= 0.6 is 0 Å². The minimum Gasteiger partial charge on any atom is -0.453 e. The van der Waals surface area contributed by atoms with Crippen molar-refractivity contribution in [1.29, 1.82) is 0 Å². The van der Waals surface area contributed by atoms with Crippen LogP contribution in [-0.2, 0) is 20.9 Å². The fourth-order valence-corrected chi connectivity index (χ4v) is 3.83. The molecule has 3 amide bonds. The number of hydrogen-bond donors (Lipinski definition) is 2. The molecule has 1 aliphatic heterocycles. The minimum atomic E-state index is -0.851. The molecule has 2 N–H and O–H groups in total. The molecule has 0 bridgehead atoms. The molecule has 0 spiro atoms. The van der Waals surface area contributed by atoms with Crippen molar-refractivity contribution in [2.45, 2.75) is 6.54 Å². The number of para-hydroxylation sites is 1. The first-order chi connectivity index (χ1) is 16.4. The third-order valence-corrected chi connectivity index (χ3v) is 5.61. The monoisotopic (exact) mass is 465 g/mol. The maximum absolute atomic E-state index is 13.9. The number of nitrogens with zero attached hydrogens (tertiary/aromatic N) is 3. The van der Waals surface area contributed by atoms with Crippen LogP contribution in [0.2, 0.25) is 0 Å². The second-order valence-electron chi connectivity index (χ2n) is 7.83. The van der Waals surface area contributed by atoms with Crippen molar-refractivity contribution in [3.63, 3.8) is 0 Å². The lowest BCUT2D eigenvalue weighted by Crippen LogP contribution is -2.51. The van der Waals surface area contributed by atoms with Crippen LogP contribution in [0.3, 0.4) is 0 Å². The second-order valence-corrected chi connectivity index (χ2v) is 7.83. The van der Waals surface area contributed by atoms with Gasteiger partial charge in [-0.2, -0.15) is 0 Å². The molecule has 1 aliphatic rings. The first kappa shape index (κ1) is 23.1. The van der Waals surface area contributed by atoms with Gasteiger partial charge in [0, 0.05) is 50.0 Å². The summed E-state index contributed by atoms with van der Waals surface area (Å²) in [6.45, 7) is 2.75. The fraction of sp³-hybridized carbons (Fsp3) is 0.250. The largest absolute Gasteiger partial charge is 0.453 e. The molecule has 3 aromatic rings. The topological polar surface area (TPSA) is 104 Å². The van der Waals surface area contributed by atoms with Crippen molar-refractivity contribution in [3.8, 4) is 0 Å². The smallest absolute Gasteiger partial charge is 0.411 e. The van der Waals surface area contributed by atoms with Crippen molar-refractivity contribution >= 4 is 40.2 Å². The van der Waals surface area contributed by atoms with Crippen LogP contribution in [0.4, 0.5) is 20.6 Å². The van der Waals surface area contributed by atoms with Gasteiger partial charge in [-0.1, -0.05) is 24.3 Å². The van der Waals surface area contributed by atoms with Gasteiger partial charge < -0.3 is 15.0 Å². The number of aromatic nitrogens is 1. The van der Waals surface area contributed by atoms with Gasteiger partial charge in [-0.25, -0.2) is 9.18 Å². The predicted molar refractivity (Wildman–Crippen MR) is 125 cm³/mol. The Bertz CT molecular complexity index is 1220. The van der Waals surface area contributed by atoms with Gasteiger partial charge in [0.25, 0.3) is 0 Å². The summed E-state index contributed by atoms with van der Waals surface area (Å²) in [6.07, 6.45) is 0.923. The summed E-state index contributed by atoms with van der Waals surface area (Å²) in [6, 6.07) is 13.6. The molecule has 9 nitrogen and oxygen atoms in total. The molecule has 0 aliphatic carbocycles. The number of piperazine rings is 1. The van der Waals surface area contributed by atoms with Gasteiger partial charge in [0.1, 0.15) is 5.82 Å². The molecular formula is C24H24FN5O4. The summed E-state index contributed by atoms with van der Waals surface area (Å²) in [4.78, 5) is 44.6. The van der Waals surface area contributed by atoms with E-state index >= 15 is 0 Å². The van der Waals surface area contributed by atoms with Gasteiger partial charge in [0.2, 0.25) is 0 Å². The quantitative estimate of drug-likeness (QED) is 0.575. The van der Waals surface area contributed by atoms with Gasteiger partial charge in [-0.15, -0.1) is 0 Å². The molecule has 0 radical (unpaired) electrons. The molecule has 0 saturated carbocycles. The molecule has 34 heavy (non-hydrogen) atoms. The van der Waals surface area contributed by atoms with E-state index in [2.05, 4.69) is 25.3 Å². The molecule has 4 rings (SSSR count). The summed E-state index contributed by atoms with van der Waals surface area (Å²) >= 11 is 0. The molecule has 2 heterocycles. The van der Waals surface area contributed by atoms with Crippen LogP contribution in [-0.4, -0.2) is 66.0 Å². The van der Waals surface area contributed by atoms with Gasteiger partial charge in [0.05, 0.1) is 18.3 Å². The number of fused-ring (bicyclic) bond motifs is 1. The normalized spacial score (nSPS) is 14.0. The molecule has 176 valence electrons. The summed E-state index contributed by atoms with van der Waals surface area (Å²) in [5.74, 6) is -2.20. The van der Waals surface area contributed by atoms with Crippen molar-refractivity contribution in [2.24, 2.45) is 0 Å². The number of halogens is 1. The number of rotatable bonds is 4. The molecule has 10 heteroatoms. The zero-order chi connectivity index (χ0) is 24.1. The predicted octanol–water partition coefficient (Wildman–Crippen LogP) is 2.84. The molecule has 0 unspecified atom stereocenters. The highest BCUT2D eigenvalue weighted by atomic mass is 19.1. The van der Waals surface area contributed by atoms with E-state index in [-0.39, 0.29) is 11.4 Å². The summed E-state index contributed by atoms with van der Waals surface area (Å²) in [5, 5.41) is 5.75. The number of anilines is 2. The van der Waals surface area contributed by atoms with Gasteiger partial charge in [-0.3, -0.25) is 24.8 Å². The lowest BCUT2D eigenvalue weighted by molar-refractivity contribution is -0.144. The second kappa shape index (κ2) is 10.3. The van der Waals surface area contributed by atoms with Crippen molar-refractivity contribution in [3.05, 3.63) is 66.1 Å². The third kappa shape index (κ3) is 5.29. The first-order valence-electron chi connectivity index (χ1n) is 10.7. The first-order valence-corrected chi connectivity index (χ1v) is 10.7. The Kier molecular flexibility index (Phi) is 6.98. The highest BCUT2D eigenvalue weighted by Crippen LogP contribution is 2.21. The Balaban J connectivity index is 1.33. The number of benzene rings is 2. The van der Waals surface area contributed by atoms with Gasteiger partial charge >= 0.3 is 17.9 Å². The third-order valence-electron chi connectivity index (χ3n) is 5.61. The Morgan fingerprint density at radius 1 is 1.03 bits per heavy atom. The lowest BCUT2D eigenvalue weighted by Gasteiger charge is -2.34. The van der Waals surface area contributed by atoms with E-state index in [0.29, 0.717) is 32.7 Å². The lowest BCUT2D eigenvalue weighted by atomic mass is 10.1. The molecule has 1 fully saturated rings. The SMILES string of the molecule is COC(=O)Nc1cc(NC(=O)C(=O)N2CCN(Cc3cccc4cccnc34)CC2)ccc1F. The standard InChI is InChI=1S/C24H24FN5O4/c1-34-24(33)28-20-14-18(7-8-19(20)25)27-22(31)23(32)30-12-10-29(11-13-30)15-17-5-2-4-16-6-3-9-26-21(16)17/h2-9,14H,10-13,15H2,1H3,(H,27,31)(H,28,33). The van der Waals surface area contributed by atoms with E-state index in [1.54, 1.807) is 6.20 Å². The van der Waals surface area contributed by atoms with Crippen LogP contribution in [0.15, 0.2) is 54.7 Å². The van der Waals surface area contributed by atoms with E-state index in [0.717, 1.165) is 29.6 Å². The average Bonchev–Trinajstić information content (AvgIpc) is 2.86. The van der Waals surface area contributed by atoms with Crippen LogP contribution in [0.25, 0.3) is 10.9 Å². The highest BCUT2D eigenvalue weighted by Gasteiger charge is 2.26. The van der Waals surface area contributed by atoms with E-state index in [9.17, 15) is 18.8 Å². The van der Waals surface area contributed by atoms with E-state index in [4.69, 9.17) is 0 Å². The van der Waals surface area contributed by atoms with E-state index in [1.165, 1.54) is 17.0 Å². The number of amides is 3. The van der Waals surface area contributed by atoms with Crippen molar-refractivity contribution in [1.82, 2.24) is 14.8 Å². The minimum absolute atomic E-state index is 0.173. The summed E-state index contributed by atoms with van der Waals surface area (Å²) < 4.78 is 18.3. The number of pyridine rings is 1. The maximum Gasteiger partial charge on any atom is 0.411 e. The van der Waals surface area contributed by atoms with Crippen molar-refractivity contribution in [2.75, 3.05) is 43.9 Å². The molecule has 0 atom stereocenters. The number of carbonyl (C=O) groups is 3. The molecule has 1 aromatic heterocycles. The number of carbonyl (C=O) groups excluding carboxylic acids is 3. The van der Waals surface area contributed by atoms with Crippen LogP contribution in [0, 0.1) is 5.82 Å². The van der Waals surface area contributed by atoms with Crippen LogP contribution in [0.5, 0.6) is 0 Å². The zero-order valence-corrected chi connectivity index (χ0v) is 18.6. The van der Waals surface area contributed by atoms with E-state index < -0.39 is 23.7 Å². The highest BCUT2D eigenvalue weighted by molar-refractivity contribution is 6.39. The van der Waals surface area contributed by atoms with Gasteiger partial charge in [0.15, 0.2) is 0 Å². The van der Waals surface area contributed by atoms with Crippen LogP contribution in [0.1, 0.15) is 5.56 Å². The summed E-state index contributed by atoms with van der Waals surface area (Å²) in [5.41, 5.74) is 2.08. The fourth-order valence-electron chi connectivity index (χ4n) is 3.83. The van der Waals surface area contributed by atoms with Crippen molar-refractivity contribution < 1.29 is 23.5 Å². The number of hydrogen-bond acceptors (Lipinski definition) is 6. The number of methoxy groups -OCH3 is 1. The summed E-state index contributed by atoms with van der Waals surface area (Å²) in [7, 11) is 1.15. The molecule has 2 aromatic carbocycles. The zero-order valence-electron chi connectivity index (χ0n) is 18.6. The Morgan fingerprint density at radius 2 is 1.79 bits per heavy atom. The average molecular weight is 465 g/mol. The Morgan fingerprint density at radius 3 is 2.56 bits per heavy atom.